The molecule has 4 atom stereocenters. The summed E-state index contributed by atoms with van der Waals surface area (Å²) in [6.45, 7) is 1.56. The average molecular weight is 508 g/mol. The smallest absolute Gasteiger partial charge is 0.268 e. The fourth-order valence-corrected chi connectivity index (χ4v) is 4.04. The van der Waals surface area contributed by atoms with Gasteiger partial charge < -0.3 is 26.8 Å². The standard InChI is InChI=1S/C27H33N5O5/c1-17(33)25(27(36)32-37)31-26(35)20-11-7-18(8-12-20)5-6-19-9-13-22(14-10-19)30-24(34)16-29-23-4-2-3-21(28)15-23/h7-14,17,21,23,25,29,33,37H,2-4,15-16,28H2,1H3,(H,30,34)(H,31,35)(H,32,36)/t17-,21?,23?,25+/m1/s1. The van der Waals surface area contributed by atoms with Gasteiger partial charge in [-0.05, 0) is 74.7 Å². The summed E-state index contributed by atoms with van der Waals surface area (Å²) in [6.07, 6.45) is 2.86. The summed E-state index contributed by atoms with van der Waals surface area (Å²) in [5.74, 6) is 4.43. The molecule has 3 rings (SSSR count). The Kier molecular flexibility index (Phi) is 10.2. The largest absolute Gasteiger partial charge is 0.391 e. The van der Waals surface area contributed by atoms with Gasteiger partial charge in [-0.3, -0.25) is 19.6 Å². The summed E-state index contributed by atoms with van der Waals surface area (Å²) in [7, 11) is 0. The van der Waals surface area contributed by atoms with Crippen LogP contribution in [0.1, 0.15) is 54.1 Å². The van der Waals surface area contributed by atoms with E-state index in [2.05, 4.69) is 27.8 Å². The molecule has 196 valence electrons. The minimum Gasteiger partial charge on any atom is -0.391 e. The van der Waals surface area contributed by atoms with Crippen molar-refractivity contribution < 1.29 is 24.7 Å². The number of nitrogens with two attached hydrogens (primary N) is 1. The molecule has 3 amide bonds. The zero-order chi connectivity index (χ0) is 26.8. The molecule has 2 unspecified atom stereocenters. The van der Waals surface area contributed by atoms with Crippen molar-refractivity contribution in [1.29, 1.82) is 0 Å². The van der Waals surface area contributed by atoms with Crippen LogP contribution in [0, 0.1) is 11.8 Å². The van der Waals surface area contributed by atoms with E-state index < -0.39 is 24.0 Å². The SMILES string of the molecule is C[C@@H](O)[C@H](NC(=O)c1ccc(C#Cc2ccc(NC(=O)CNC3CCCC(N)C3)cc2)cc1)C(=O)NO. The Labute approximate surface area is 216 Å². The van der Waals surface area contributed by atoms with Gasteiger partial charge in [-0.1, -0.05) is 18.3 Å². The third kappa shape index (κ3) is 8.70. The molecule has 1 saturated carbocycles. The number of amides is 3. The van der Waals surface area contributed by atoms with Crippen molar-refractivity contribution in [3.05, 3.63) is 65.2 Å². The summed E-state index contributed by atoms with van der Waals surface area (Å²) in [5.41, 5.74) is 9.78. The van der Waals surface area contributed by atoms with E-state index in [4.69, 9.17) is 10.9 Å². The van der Waals surface area contributed by atoms with Crippen molar-refractivity contribution in [3.8, 4) is 11.8 Å². The van der Waals surface area contributed by atoms with Crippen LogP contribution < -0.4 is 27.2 Å². The van der Waals surface area contributed by atoms with Crippen LogP contribution in [-0.2, 0) is 9.59 Å². The lowest BCUT2D eigenvalue weighted by molar-refractivity contribution is -0.133. The number of hydroxylamine groups is 1. The molecule has 0 aromatic heterocycles. The van der Waals surface area contributed by atoms with Gasteiger partial charge in [0.25, 0.3) is 11.8 Å². The molecule has 0 saturated heterocycles. The van der Waals surface area contributed by atoms with Gasteiger partial charge in [-0.25, -0.2) is 5.48 Å². The van der Waals surface area contributed by atoms with Gasteiger partial charge in [-0.15, -0.1) is 0 Å². The zero-order valence-corrected chi connectivity index (χ0v) is 20.7. The van der Waals surface area contributed by atoms with E-state index >= 15 is 0 Å². The molecule has 37 heavy (non-hydrogen) atoms. The number of carbonyl (C=O) groups is 3. The van der Waals surface area contributed by atoms with Crippen molar-refractivity contribution in [2.75, 3.05) is 11.9 Å². The number of aliphatic hydroxyl groups excluding tert-OH is 1. The van der Waals surface area contributed by atoms with Crippen LogP contribution in [-0.4, -0.2) is 58.8 Å². The molecule has 0 spiro atoms. The van der Waals surface area contributed by atoms with Crippen LogP contribution in [0.25, 0.3) is 0 Å². The quantitative estimate of drug-likeness (QED) is 0.158. The van der Waals surface area contributed by atoms with E-state index in [1.807, 2.05) is 0 Å². The topological polar surface area (TPSA) is 166 Å². The molecule has 2 aromatic rings. The molecule has 1 aliphatic rings. The van der Waals surface area contributed by atoms with Crippen LogP contribution in [0.4, 0.5) is 5.69 Å². The van der Waals surface area contributed by atoms with Gasteiger partial charge in [0.2, 0.25) is 5.91 Å². The van der Waals surface area contributed by atoms with Gasteiger partial charge in [0.1, 0.15) is 6.04 Å². The fourth-order valence-electron chi connectivity index (χ4n) is 4.04. The number of benzene rings is 2. The molecule has 0 radical (unpaired) electrons. The normalized spacial score (nSPS) is 18.5. The maximum Gasteiger partial charge on any atom is 0.268 e. The predicted molar refractivity (Wildman–Crippen MR) is 139 cm³/mol. The summed E-state index contributed by atoms with van der Waals surface area (Å²) in [5, 5.41) is 26.9. The first-order valence-electron chi connectivity index (χ1n) is 12.2. The van der Waals surface area contributed by atoms with Crippen molar-refractivity contribution in [2.45, 2.75) is 56.8 Å². The highest BCUT2D eigenvalue weighted by Crippen LogP contribution is 2.16. The Morgan fingerprint density at radius 3 is 2.22 bits per heavy atom. The minimum atomic E-state index is -1.29. The Morgan fingerprint density at radius 1 is 1.03 bits per heavy atom. The molecule has 0 heterocycles. The lowest BCUT2D eigenvalue weighted by Gasteiger charge is -2.27. The Bertz CT molecular complexity index is 1140. The highest BCUT2D eigenvalue weighted by Gasteiger charge is 2.25. The van der Waals surface area contributed by atoms with Gasteiger partial charge in [0, 0.05) is 34.5 Å². The number of rotatable bonds is 8. The predicted octanol–water partition coefficient (Wildman–Crippen LogP) is 0.869. The first kappa shape index (κ1) is 27.8. The summed E-state index contributed by atoms with van der Waals surface area (Å²) >= 11 is 0. The van der Waals surface area contributed by atoms with Crippen molar-refractivity contribution in [1.82, 2.24) is 16.1 Å². The maximum atomic E-state index is 12.4. The summed E-state index contributed by atoms with van der Waals surface area (Å²) in [6, 6.07) is 12.8. The molecular weight excluding hydrogens is 474 g/mol. The first-order chi connectivity index (χ1) is 17.7. The zero-order valence-electron chi connectivity index (χ0n) is 20.7. The van der Waals surface area contributed by atoms with Gasteiger partial charge in [-0.2, -0.15) is 0 Å². The minimum absolute atomic E-state index is 0.112. The Balaban J connectivity index is 1.51. The highest BCUT2D eigenvalue weighted by atomic mass is 16.5. The first-order valence-corrected chi connectivity index (χ1v) is 12.2. The van der Waals surface area contributed by atoms with Gasteiger partial charge in [0.15, 0.2) is 0 Å². The van der Waals surface area contributed by atoms with E-state index in [9.17, 15) is 19.5 Å². The van der Waals surface area contributed by atoms with E-state index in [0.717, 1.165) is 31.2 Å². The van der Waals surface area contributed by atoms with Crippen molar-refractivity contribution in [2.24, 2.45) is 5.73 Å². The number of carbonyl (C=O) groups excluding carboxylic acids is 3. The van der Waals surface area contributed by atoms with Crippen LogP contribution in [0.15, 0.2) is 48.5 Å². The number of hydrogen-bond acceptors (Lipinski definition) is 7. The second-order valence-electron chi connectivity index (χ2n) is 9.13. The monoisotopic (exact) mass is 507 g/mol. The molecule has 2 aromatic carbocycles. The lowest BCUT2D eigenvalue weighted by Crippen LogP contribution is -2.51. The molecular formula is C27H33N5O5. The van der Waals surface area contributed by atoms with Crippen LogP contribution in [0.5, 0.6) is 0 Å². The van der Waals surface area contributed by atoms with E-state index in [1.54, 1.807) is 48.5 Å². The van der Waals surface area contributed by atoms with E-state index in [0.29, 0.717) is 11.3 Å². The molecule has 1 fully saturated rings. The lowest BCUT2D eigenvalue weighted by atomic mass is 9.92. The Morgan fingerprint density at radius 2 is 1.65 bits per heavy atom. The molecule has 10 heteroatoms. The summed E-state index contributed by atoms with van der Waals surface area (Å²) < 4.78 is 0. The van der Waals surface area contributed by atoms with E-state index in [-0.39, 0.29) is 30.1 Å². The van der Waals surface area contributed by atoms with Gasteiger partial charge in [0.05, 0.1) is 12.6 Å². The number of anilines is 1. The second-order valence-corrected chi connectivity index (χ2v) is 9.13. The fraction of sp³-hybridized carbons (Fsp3) is 0.370. The summed E-state index contributed by atoms with van der Waals surface area (Å²) in [4.78, 5) is 36.2. The third-order valence-corrected chi connectivity index (χ3v) is 6.09. The molecule has 8 N–H and O–H groups in total. The highest BCUT2D eigenvalue weighted by molar-refractivity contribution is 5.97. The second kappa shape index (κ2) is 13.5. The van der Waals surface area contributed by atoms with E-state index in [1.165, 1.54) is 12.4 Å². The molecule has 1 aliphatic carbocycles. The number of aliphatic hydroxyl groups is 1. The van der Waals surface area contributed by atoms with Gasteiger partial charge >= 0.3 is 0 Å². The third-order valence-electron chi connectivity index (χ3n) is 6.09. The number of hydrogen-bond donors (Lipinski definition) is 7. The average Bonchev–Trinajstić information content (AvgIpc) is 2.90. The van der Waals surface area contributed by atoms with Crippen LogP contribution in [0.3, 0.4) is 0 Å². The van der Waals surface area contributed by atoms with Crippen LogP contribution in [0.2, 0.25) is 0 Å². The van der Waals surface area contributed by atoms with Crippen molar-refractivity contribution >= 4 is 23.4 Å². The molecule has 0 aliphatic heterocycles. The number of nitrogens with one attached hydrogen (secondary N) is 4. The maximum absolute atomic E-state index is 12.4. The Hall–Kier alpha value is -3.75. The van der Waals surface area contributed by atoms with Crippen molar-refractivity contribution in [3.63, 3.8) is 0 Å². The molecule has 0 bridgehead atoms. The van der Waals surface area contributed by atoms with Crippen LogP contribution >= 0.6 is 0 Å². The molecule has 10 nitrogen and oxygen atoms in total.